The lowest BCUT2D eigenvalue weighted by Gasteiger charge is -2.32. The number of rotatable bonds is 8. The number of amides is 1. The molecule has 3 heterocycles. The van der Waals surface area contributed by atoms with Gasteiger partial charge in [0.25, 0.3) is 5.91 Å². The van der Waals surface area contributed by atoms with Crippen LogP contribution in [0, 0.1) is 0 Å². The van der Waals surface area contributed by atoms with Gasteiger partial charge < -0.3 is 10.1 Å². The summed E-state index contributed by atoms with van der Waals surface area (Å²) in [5, 5.41) is 6.39. The largest absolute Gasteiger partial charge is 0.359 e. The summed E-state index contributed by atoms with van der Waals surface area (Å²) < 4.78 is 5.42. The molecule has 1 unspecified atom stereocenters. The standard InChI is InChI=1S/C23H30N4O3S/c28-21(26-30-22-8-4-5-15-29-22)10-9-20-17-31-23(25-20)24-19-11-13-27(14-12-19)16-18-6-2-1-3-7-18/h1-3,6-7,9-10,17,19,22H,4-5,8,11-16H2,(H,24,25)(H,26,28)/b10-9+. The summed E-state index contributed by atoms with van der Waals surface area (Å²) >= 11 is 1.56. The van der Waals surface area contributed by atoms with Crippen molar-refractivity contribution in [1.82, 2.24) is 15.4 Å². The zero-order valence-corrected chi connectivity index (χ0v) is 18.5. The van der Waals surface area contributed by atoms with E-state index in [-0.39, 0.29) is 12.2 Å². The van der Waals surface area contributed by atoms with E-state index in [9.17, 15) is 4.79 Å². The first kappa shape index (κ1) is 22.0. The maximum absolute atomic E-state index is 11.9. The first-order valence-electron chi connectivity index (χ1n) is 11.0. The Kier molecular flexibility index (Phi) is 8.06. The number of likely N-dealkylation sites (tertiary alicyclic amines) is 1. The number of carbonyl (C=O) groups is 1. The summed E-state index contributed by atoms with van der Waals surface area (Å²) in [6, 6.07) is 11.1. The molecule has 0 spiro atoms. The van der Waals surface area contributed by atoms with Crippen molar-refractivity contribution in [3.05, 3.63) is 53.0 Å². The van der Waals surface area contributed by atoms with Crippen molar-refractivity contribution in [2.45, 2.75) is 51.0 Å². The number of hydrogen-bond acceptors (Lipinski definition) is 7. The van der Waals surface area contributed by atoms with Crippen molar-refractivity contribution in [2.24, 2.45) is 0 Å². The fraction of sp³-hybridized carbons (Fsp3) is 0.478. The van der Waals surface area contributed by atoms with E-state index in [4.69, 9.17) is 9.57 Å². The fourth-order valence-electron chi connectivity index (χ4n) is 3.80. The number of carbonyl (C=O) groups excluding carboxylic acids is 1. The summed E-state index contributed by atoms with van der Waals surface area (Å²) in [6.07, 6.45) is 7.88. The molecule has 1 aromatic carbocycles. The minimum atomic E-state index is -0.347. The Morgan fingerprint density at radius 3 is 2.84 bits per heavy atom. The Morgan fingerprint density at radius 1 is 1.23 bits per heavy atom. The smallest absolute Gasteiger partial charge is 0.267 e. The molecule has 4 rings (SSSR count). The molecule has 2 aliphatic heterocycles. The van der Waals surface area contributed by atoms with Gasteiger partial charge in [-0.15, -0.1) is 11.3 Å². The zero-order valence-electron chi connectivity index (χ0n) is 17.7. The number of piperidine rings is 1. The van der Waals surface area contributed by atoms with Gasteiger partial charge in [0, 0.05) is 50.2 Å². The Labute approximate surface area is 187 Å². The van der Waals surface area contributed by atoms with Gasteiger partial charge in [-0.25, -0.2) is 15.3 Å². The molecule has 2 aliphatic rings. The molecule has 1 amide bonds. The maximum atomic E-state index is 11.9. The lowest BCUT2D eigenvalue weighted by Crippen LogP contribution is -2.38. The second-order valence-corrected chi connectivity index (χ2v) is 8.83. The van der Waals surface area contributed by atoms with Crippen LogP contribution < -0.4 is 10.8 Å². The Bertz CT molecular complexity index is 844. The molecule has 0 bridgehead atoms. The van der Waals surface area contributed by atoms with Crippen molar-refractivity contribution >= 4 is 28.5 Å². The van der Waals surface area contributed by atoms with Crippen LogP contribution in [0.5, 0.6) is 0 Å². The number of nitrogens with zero attached hydrogens (tertiary/aromatic N) is 2. The van der Waals surface area contributed by atoms with Crippen LogP contribution in [0.4, 0.5) is 5.13 Å². The number of hydroxylamine groups is 1. The number of benzene rings is 1. The third kappa shape index (κ3) is 7.14. The van der Waals surface area contributed by atoms with Crippen LogP contribution in [-0.2, 0) is 20.9 Å². The monoisotopic (exact) mass is 442 g/mol. The molecule has 166 valence electrons. The normalized spacial score (nSPS) is 20.7. The average Bonchev–Trinajstić information content (AvgIpc) is 3.26. The number of anilines is 1. The highest BCUT2D eigenvalue weighted by atomic mass is 32.1. The van der Waals surface area contributed by atoms with E-state index in [1.165, 1.54) is 11.6 Å². The Morgan fingerprint density at radius 2 is 2.06 bits per heavy atom. The molecule has 2 saturated heterocycles. The topological polar surface area (TPSA) is 75.7 Å². The second-order valence-electron chi connectivity index (χ2n) is 7.97. The Balaban J connectivity index is 1.17. The van der Waals surface area contributed by atoms with Gasteiger partial charge >= 0.3 is 0 Å². The molecule has 0 saturated carbocycles. The van der Waals surface area contributed by atoms with Gasteiger partial charge in [0.05, 0.1) is 5.69 Å². The van der Waals surface area contributed by atoms with Crippen LogP contribution in [0.1, 0.15) is 43.4 Å². The van der Waals surface area contributed by atoms with E-state index in [0.29, 0.717) is 12.6 Å². The molecule has 2 N–H and O–H groups in total. The van der Waals surface area contributed by atoms with Gasteiger partial charge in [-0.1, -0.05) is 30.3 Å². The third-order valence-corrected chi connectivity index (χ3v) is 6.31. The lowest BCUT2D eigenvalue weighted by molar-refractivity contribution is -0.198. The molecular formula is C23H30N4O3S. The SMILES string of the molecule is O=C(/C=C/c1csc(NC2CCN(Cc3ccccc3)CC2)n1)NOC1CCCCO1. The fourth-order valence-corrected chi connectivity index (χ4v) is 4.56. The molecule has 31 heavy (non-hydrogen) atoms. The van der Waals surface area contributed by atoms with E-state index in [1.54, 1.807) is 17.4 Å². The summed E-state index contributed by atoms with van der Waals surface area (Å²) in [4.78, 5) is 24.3. The van der Waals surface area contributed by atoms with Crippen LogP contribution >= 0.6 is 11.3 Å². The highest BCUT2D eigenvalue weighted by Gasteiger charge is 2.20. The number of hydrogen-bond donors (Lipinski definition) is 2. The molecule has 0 radical (unpaired) electrons. The summed E-state index contributed by atoms with van der Waals surface area (Å²) in [5.41, 5.74) is 4.55. The van der Waals surface area contributed by atoms with Crippen LogP contribution in [0.3, 0.4) is 0 Å². The van der Waals surface area contributed by atoms with E-state index in [0.717, 1.165) is 62.6 Å². The molecule has 0 aliphatic carbocycles. The van der Waals surface area contributed by atoms with Crippen molar-refractivity contribution in [2.75, 3.05) is 25.0 Å². The maximum Gasteiger partial charge on any atom is 0.267 e. The molecule has 2 aromatic rings. The summed E-state index contributed by atoms with van der Waals surface area (Å²) in [6.45, 7) is 3.85. The van der Waals surface area contributed by atoms with E-state index < -0.39 is 0 Å². The minimum Gasteiger partial charge on any atom is -0.359 e. The Hall–Kier alpha value is -2.26. The van der Waals surface area contributed by atoms with Gasteiger partial charge in [0.1, 0.15) is 0 Å². The highest BCUT2D eigenvalue weighted by molar-refractivity contribution is 7.13. The average molecular weight is 443 g/mol. The molecular weight excluding hydrogens is 412 g/mol. The quantitative estimate of drug-likeness (QED) is 0.478. The minimum absolute atomic E-state index is 0.317. The van der Waals surface area contributed by atoms with Gasteiger partial charge in [0.15, 0.2) is 11.4 Å². The molecule has 1 aromatic heterocycles. The van der Waals surface area contributed by atoms with Gasteiger partial charge in [-0.05, 0) is 37.3 Å². The third-order valence-electron chi connectivity index (χ3n) is 5.52. The molecule has 2 fully saturated rings. The first-order chi connectivity index (χ1) is 15.2. The summed E-state index contributed by atoms with van der Waals surface area (Å²) in [5.74, 6) is -0.317. The number of thiazole rings is 1. The highest BCUT2D eigenvalue weighted by Crippen LogP contribution is 2.22. The van der Waals surface area contributed by atoms with E-state index >= 15 is 0 Å². The van der Waals surface area contributed by atoms with Crippen molar-refractivity contribution in [1.29, 1.82) is 0 Å². The van der Waals surface area contributed by atoms with E-state index in [1.807, 2.05) is 5.38 Å². The number of ether oxygens (including phenoxy) is 1. The zero-order chi connectivity index (χ0) is 21.3. The molecule has 1 atom stereocenters. The van der Waals surface area contributed by atoms with Gasteiger partial charge in [-0.3, -0.25) is 9.69 Å². The second kappa shape index (κ2) is 11.4. The molecule has 8 heteroatoms. The van der Waals surface area contributed by atoms with Crippen LogP contribution in [0.15, 0.2) is 41.8 Å². The van der Waals surface area contributed by atoms with Gasteiger partial charge in [0.2, 0.25) is 0 Å². The predicted molar refractivity (Wildman–Crippen MR) is 122 cm³/mol. The van der Waals surface area contributed by atoms with Crippen molar-refractivity contribution in [3.63, 3.8) is 0 Å². The van der Waals surface area contributed by atoms with E-state index in [2.05, 4.69) is 51.0 Å². The number of nitrogens with one attached hydrogen (secondary N) is 2. The van der Waals surface area contributed by atoms with Crippen LogP contribution in [-0.4, -0.2) is 47.8 Å². The van der Waals surface area contributed by atoms with Gasteiger partial charge in [-0.2, -0.15) is 0 Å². The van der Waals surface area contributed by atoms with Crippen LogP contribution in [0.2, 0.25) is 0 Å². The number of aromatic nitrogens is 1. The first-order valence-corrected chi connectivity index (χ1v) is 11.9. The van der Waals surface area contributed by atoms with Crippen molar-refractivity contribution in [3.8, 4) is 0 Å². The predicted octanol–water partition coefficient (Wildman–Crippen LogP) is 3.81. The van der Waals surface area contributed by atoms with Crippen molar-refractivity contribution < 1.29 is 14.4 Å². The lowest BCUT2D eigenvalue weighted by atomic mass is 10.0. The summed E-state index contributed by atoms with van der Waals surface area (Å²) in [7, 11) is 0. The van der Waals surface area contributed by atoms with Crippen LogP contribution in [0.25, 0.3) is 6.08 Å². The molecule has 7 nitrogen and oxygen atoms in total.